The van der Waals surface area contributed by atoms with Crippen LogP contribution in [0.4, 0.5) is 4.39 Å². The number of aliphatic hydroxyl groups excluding tert-OH is 1. The average molecular weight is 499 g/mol. The molecule has 8 nitrogen and oxygen atoms in total. The van der Waals surface area contributed by atoms with Gasteiger partial charge < -0.3 is 15.4 Å². The molecule has 37 heavy (non-hydrogen) atoms. The molecule has 0 radical (unpaired) electrons. The fourth-order valence-electron chi connectivity index (χ4n) is 5.54. The molecule has 6 rings (SSSR count). The topological polar surface area (TPSA) is 109 Å². The Labute approximate surface area is 212 Å². The summed E-state index contributed by atoms with van der Waals surface area (Å²) in [5, 5.41) is 18.5. The van der Waals surface area contributed by atoms with Gasteiger partial charge in [0.2, 0.25) is 0 Å². The first kappa shape index (κ1) is 23.3. The Morgan fingerprint density at radius 3 is 2.76 bits per heavy atom. The highest BCUT2D eigenvalue weighted by molar-refractivity contribution is 6.13. The van der Waals surface area contributed by atoms with E-state index in [2.05, 4.69) is 25.4 Å². The molecule has 9 heteroatoms. The maximum atomic E-state index is 15.3. The Bertz CT molecular complexity index is 1640. The van der Waals surface area contributed by atoms with E-state index in [-0.39, 0.29) is 18.4 Å². The van der Waals surface area contributed by atoms with Crippen molar-refractivity contribution in [2.45, 2.75) is 31.7 Å². The van der Waals surface area contributed by atoms with Gasteiger partial charge in [0.15, 0.2) is 0 Å². The number of hydrogen-bond donors (Lipinski definition) is 3. The fourth-order valence-corrected chi connectivity index (χ4v) is 5.54. The van der Waals surface area contributed by atoms with Crippen LogP contribution in [0.25, 0.3) is 44.3 Å². The van der Waals surface area contributed by atoms with Gasteiger partial charge in [0.1, 0.15) is 11.5 Å². The predicted molar refractivity (Wildman–Crippen MR) is 139 cm³/mol. The third kappa shape index (κ3) is 3.95. The minimum atomic E-state index is -0.449. The van der Waals surface area contributed by atoms with Crippen molar-refractivity contribution < 1.29 is 14.3 Å². The minimum Gasteiger partial charge on any atom is -0.396 e. The van der Waals surface area contributed by atoms with Crippen LogP contribution in [0.2, 0.25) is 0 Å². The van der Waals surface area contributed by atoms with E-state index >= 15 is 4.39 Å². The molecular formula is C28H27FN6O2. The summed E-state index contributed by atoms with van der Waals surface area (Å²) in [5.74, 6) is -0.605. The third-order valence-corrected chi connectivity index (χ3v) is 7.66. The van der Waals surface area contributed by atoms with Gasteiger partial charge in [0, 0.05) is 58.8 Å². The van der Waals surface area contributed by atoms with Crippen molar-refractivity contribution >= 4 is 27.8 Å². The van der Waals surface area contributed by atoms with E-state index in [4.69, 9.17) is 0 Å². The maximum absolute atomic E-state index is 15.3. The van der Waals surface area contributed by atoms with E-state index in [0.29, 0.717) is 27.7 Å². The SMILES string of the molecule is Cn1cc(-c2cc3c(cn2)[nH]c2ncc(F)c(-c4ccc(C(=O)N[C@@]5(C)CCC[C@H]5CO)cc4)c23)cn1. The molecule has 0 spiro atoms. The number of nitrogens with zero attached hydrogens (tertiary/aromatic N) is 4. The quantitative estimate of drug-likeness (QED) is 0.328. The van der Waals surface area contributed by atoms with Gasteiger partial charge in [-0.3, -0.25) is 14.5 Å². The summed E-state index contributed by atoms with van der Waals surface area (Å²) >= 11 is 0. The molecule has 0 aliphatic heterocycles. The first-order valence-corrected chi connectivity index (χ1v) is 12.3. The number of halogens is 1. The number of H-pyrrole nitrogens is 1. The van der Waals surface area contributed by atoms with Crippen LogP contribution in [-0.2, 0) is 7.05 Å². The summed E-state index contributed by atoms with van der Waals surface area (Å²) in [7, 11) is 1.84. The highest BCUT2D eigenvalue weighted by Gasteiger charge is 2.39. The van der Waals surface area contributed by atoms with Gasteiger partial charge in [0.05, 0.1) is 29.8 Å². The summed E-state index contributed by atoms with van der Waals surface area (Å²) in [6.07, 6.45) is 9.24. The first-order chi connectivity index (χ1) is 17.9. The van der Waals surface area contributed by atoms with Gasteiger partial charge in [-0.1, -0.05) is 18.6 Å². The summed E-state index contributed by atoms with van der Waals surface area (Å²) in [6, 6.07) is 8.85. The Kier molecular flexibility index (Phi) is 5.52. The van der Waals surface area contributed by atoms with Crippen LogP contribution >= 0.6 is 0 Å². The van der Waals surface area contributed by atoms with Gasteiger partial charge in [-0.25, -0.2) is 9.37 Å². The Hall–Kier alpha value is -4.11. The molecule has 4 heterocycles. The molecule has 188 valence electrons. The van der Waals surface area contributed by atoms with Gasteiger partial charge in [-0.05, 0) is 43.5 Å². The van der Waals surface area contributed by atoms with Crippen LogP contribution in [0.15, 0.2) is 55.1 Å². The number of amides is 1. The number of aryl methyl sites for hydroxylation is 1. The molecule has 0 saturated heterocycles. The molecule has 1 aliphatic carbocycles. The highest BCUT2D eigenvalue weighted by atomic mass is 19.1. The van der Waals surface area contributed by atoms with Crippen LogP contribution in [0.1, 0.15) is 36.5 Å². The van der Waals surface area contributed by atoms with Gasteiger partial charge in [0.25, 0.3) is 5.91 Å². The van der Waals surface area contributed by atoms with E-state index < -0.39 is 11.4 Å². The molecule has 5 aromatic rings. The average Bonchev–Trinajstić information content (AvgIpc) is 3.60. The lowest BCUT2D eigenvalue weighted by Crippen LogP contribution is -2.49. The van der Waals surface area contributed by atoms with E-state index in [1.165, 1.54) is 6.20 Å². The smallest absolute Gasteiger partial charge is 0.251 e. The zero-order valence-corrected chi connectivity index (χ0v) is 20.6. The van der Waals surface area contributed by atoms with Crippen LogP contribution in [0, 0.1) is 11.7 Å². The van der Waals surface area contributed by atoms with E-state index in [1.807, 2.05) is 26.2 Å². The van der Waals surface area contributed by atoms with Gasteiger partial charge in [-0.15, -0.1) is 0 Å². The number of aliphatic hydroxyl groups is 1. The molecule has 0 bridgehead atoms. The van der Waals surface area contributed by atoms with E-state index in [9.17, 15) is 9.90 Å². The highest BCUT2D eigenvalue weighted by Crippen LogP contribution is 2.37. The van der Waals surface area contributed by atoms with Crippen molar-refractivity contribution in [3.05, 3.63) is 66.5 Å². The third-order valence-electron chi connectivity index (χ3n) is 7.66. The molecule has 1 aliphatic rings. The number of aromatic amines is 1. The predicted octanol–water partition coefficient (Wildman–Crippen LogP) is 4.60. The number of benzene rings is 1. The van der Waals surface area contributed by atoms with Crippen molar-refractivity contribution in [3.63, 3.8) is 0 Å². The summed E-state index contributed by atoms with van der Waals surface area (Å²) in [6.45, 7) is 2.04. The molecule has 1 saturated carbocycles. The fraction of sp³-hybridized carbons (Fsp3) is 0.286. The van der Waals surface area contributed by atoms with Crippen molar-refractivity contribution in [1.82, 2.24) is 30.0 Å². The summed E-state index contributed by atoms with van der Waals surface area (Å²) < 4.78 is 17.0. The summed E-state index contributed by atoms with van der Waals surface area (Å²) in [5.41, 5.74) is 4.00. The Morgan fingerprint density at radius 1 is 1.22 bits per heavy atom. The molecule has 2 atom stereocenters. The number of carbonyl (C=O) groups excluding carboxylic acids is 1. The maximum Gasteiger partial charge on any atom is 0.251 e. The van der Waals surface area contributed by atoms with Crippen molar-refractivity contribution in [3.8, 4) is 22.4 Å². The lowest BCUT2D eigenvalue weighted by atomic mass is 9.89. The number of fused-ring (bicyclic) bond motifs is 3. The molecular weight excluding hydrogens is 471 g/mol. The minimum absolute atomic E-state index is 0.0443. The molecule has 0 unspecified atom stereocenters. The zero-order chi connectivity index (χ0) is 25.7. The molecule has 4 aromatic heterocycles. The number of carbonyl (C=O) groups is 1. The molecule has 1 amide bonds. The second kappa shape index (κ2) is 8.77. The van der Waals surface area contributed by atoms with Gasteiger partial charge >= 0.3 is 0 Å². The lowest BCUT2D eigenvalue weighted by Gasteiger charge is -2.31. The number of hydrogen-bond acceptors (Lipinski definition) is 5. The molecule has 1 aromatic carbocycles. The van der Waals surface area contributed by atoms with Crippen molar-refractivity contribution in [2.75, 3.05) is 6.61 Å². The molecule has 1 fully saturated rings. The van der Waals surface area contributed by atoms with Crippen molar-refractivity contribution in [1.29, 1.82) is 0 Å². The van der Waals surface area contributed by atoms with E-state index in [1.54, 1.807) is 41.3 Å². The van der Waals surface area contributed by atoms with Crippen molar-refractivity contribution in [2.24, 2.45) is 13.0 Å². The normalized spacial score (nSPS) is 19.6. The zero-order valence-electron chi connectivity index (χ0n) is 20.6. The van der Waals surface area contributed by atoms with Crippen LogP contribution in [-0.4, -0.2) is 47.9 Å². The standard InChI is InChI=1S/C28H27FN6O2/c1-28(9-3-4-19(28)15-36)34-27(37)17-7-5-16(6-8-17)24-21(29)12-31-26-25(24)20-10-22(30-13-23(20)33-26)18-11-32-35(2)14-18/h5-8,10-14,19,36H,3-4,9,15H2,1-2H3,(H,31,33)(H,34,37)/t19-,28-/m0/s1. The van der Waals surface area contributed by atoms with Crippen LogP contribution < -0.4 is 5.32 Å². The second-order valence-electron chi connectivity index (χ2n) is 10.1. The number of rotatable bonds is 5. The number of pyridine rings is 2. The number of nitrogens with one attached hydrogen (secondary N) is 2. The summed E-state index contributed by atoms with van der Waals surface area (Å²) in [4.78, 5) is 25.1. The van der Waals surface area contributed by atoms with Crippen LogP contribution in [0.5, 0.6) is 0 Å². The van der Waals surface area contributed by atoms with Gasteiger partial charge in [-0.2, -0.15) is 5.10 Å². The second-order valence-corrected chi connectivity index (χ2v) is 10.1. The monoisotopic (exact) mass is 498 g/mol. The first-order valence-electron chi connectivity index (χ1n) is 12.3. The Balaban J connectivity index is 1.39. The van der Waals surface area contributed by atoms with E-state index in [0.717, 1.165) is 41.4 Å². The number of aromatic nitrogens is 5. The molecule has 3 N–H and O–H groups in total. The van der Waals surface area contributed by atoms with Crippen LogP contribution in [0.3, 0.4) is 0 Å². The Morgan fingerprint density at radius 2 is 2.03 bits per heavy atom. The largest absolute Gasteiger partial charge is 0.396 e. The lowest BCUT2D eigenvalue weighted by molar-refractivity contribution is 0.0848.